The van der Waals surface area contributed by atoms with E-state index in [1.807, 2.05) is 0 Å². The Labute approximate surface area is 92.0 Å². The van der Waals surface area contributed by atoms with E-state index in [9.17, 15) is 5.11 Å². The van der Waals surface area contributed by atoms with Crippen LogP contribution in [0.25, 0.3) is 0 Å². The van der Waals surface area contributed by atoms with Crippen molar-refractivity contribution in [1.29, 1.82) is 0 Å². The number of hydrogen-bond acceptors (Lipinski definition) is 3. The topological polar surface area (TPSA) is 55.5 Å². The van der Waals surface area contributed by atoms with Gasteiger partial charge in [0, 0.05) is 13.2 Å². The van der Waals surface area contributed by atoms with Crippen molar-refractivity contribution in [2.75, 3.05) is 13.2 Å². The zero-order chi connectivity index (χ0) is 10.7. The SMILES string of the molecule is NCC(O)C1CCOC2(CCCCC2)C1. The summed E-state index contributed by atoms with van der Waals surface area (Å²) in [6, 6.07) is 0. The normalized spacial score (nSPS) is 32.8. The van der Waals surface area contributed by atoms with E-state index in [-0.39, 0.29) is 11.7 Å². The molecule has 2 fully saturated rings. The van der Waals surface area contributed by atoms with E-state index >= 15 is 0 Å². The van der Waals surface area contributed by atoms with Crippen LogP contribution in [0.5, 0.6) is 0 Å². The Morgan fingerprint density at radius 2 is 2.07 bits per heavy atom. The van der Waals surface area contributed by atoms with Crippen LogP contribution in [0.15, 0.2) is 0 Å². The summed E-state index contributed by atoms with van der Waals surface area (Å²) in [5, 5.41) is 9.82. The predicted octanol–water partition coefficient (Wildman–Crippen LogP) is 1.44. The molecular formula is C12H23NO2. The van der Waals surface area contributed by atoms with Gasteiger partial charge < -0.3 is 15.6 Å². The average Bonchev–Trinajstić information content (AvgIpc) is 2.29. The minimum absolute atomic E-state index is 0.0946. The van der Waals surface area contributed by atoms with Crippen molar-refractivity contribution >= 4 is 0 Å². The zero-order valence-electron chi connectivity index (χ0n) is 9.45. The van der Waals surface area contributed by atoms with Crippen molar-refractivity contribution in [2.24, 2.45) is 11.7 Å². The number of aliphatic hydroxyl groups excluding tert-OH is 1. The van der Waals surface area contributed by atoms with Gasteiger partial charge in [-0.25, -0.2) is 0 Å². The van der Waals surface area contributed by atoms with Gasteiger partial charge in [-0.05, 0) is 31.6 Å². The summed E-state index contributed by atoms with van der Waals surface area (Å²) in [5.41, 5.74) is 5.62. The van der Waals surface area contributed by atoms with Gasteiger partial charge >= 0.3 is 0 Å². The fraction of sp³-hybridized carbons (Fsp3) is 1.00. The molecule has 3 nitrogen and oxygen atoms in total. The summed E-state index contributed by atoms with van der Waals surface area (Å²) in [6.07, 6.45) is 7.94. The lowest BCUT2D eigenvalue weighted by atomic mass is 9.74. The van der Waals surface area contributed by atoms with Crippen LogP contribution in [0.3, 0.4) is 0 Å². The summed E-state index contributed by atoms with van der Waals surface area (Å²) in [6.45, 7) is 1.20. The molecular weight excluding hydrogens is 190 g/mol. The molecule has 0 aromatic rings. The molecule has 3 heteroatoms. The molecule has 1 heterocycles. The second-order valence-corrected chi connectivity index (χ2v) is 5.15. The first-order valence-electron chi connectivity index (χ1n) is 6.28. The fourth-order valence-corrected chi connectivity index (χ4v) is 3.13. The summed E-state index contributed by atoms with van der Waals surface area (Å²) in [5.74, 6) is 0.363. The second kappa shape index (κ2) is 4.81. The Hall–Kier alpha value is -0.120. The van der Waals surface area contributed by atoms with Crippen LogP contribution in [0.4, 0.5) is 0 Å². The number of aliphatic hydroxyl groups is 1. The highest BCUT2D eigenvalue weighted by Gasteiger charge is 2.40. The Morgan fingerprint density at radius 1 is 1.33 bits per heavy atom. The van der Waals surface area contributed by atoms with Gasteiger partial charge in [-0.2, -0.15) is 0 Å². The minimum atomic E-state index is -0.326. The molecule has 0 bridgehead atoms. The highest BCUT2D eigenvalue weighted by molar-refractivity contribution is 4.91. The highest BCUT2D eigenvalue weighted by atomic mass is 16.5. The second-order valence-electron chi connectivity index (χ2n) is 5.15. The van der Waals surface area contributed by atoms with E-state index in [2.05, 4.69) is 0 Å². The van der Waals surface area contributed by atoms with Gasteiger partial charge in [-0.15, -0.1) is 0 Å². The molecule has 2 unspecified atom stereocenters. The summed E-state index contributed by atoms with van der Waals surface area (Å²) < 4.78 is 5.98. The van der Waals surface area contributed by atoms with E-state index in [4.69, 9.17) is 10.5 Å². The van der Waals surface area contributed by atoms with Gasteiger partial charge in [0.05, 0.1) is 11.7 Å². The van der Waals surface area contributed by atoms with Gasteiger partial charge in [-0.3, -0.25) is 0 Å². The molecule has 0 aromatic carbocycles. The largest absolute Gasteiger partial charge is 0.392 e. The Morgan fingerprint density at radius 3 is 2.73 bits per heavy atom. The first kappa shape index (κ1) is 11.4. The van der Waals surface area contributed by atoms with Crippen LogP contribution in [0.2, 0.25) is 0 Å². The molecule has 88 valence electrons. The van der Waals surface area contributed by atoms with E-state index in [0.717, 1.165) is 19.4 Å². The van der Waals surface area contributed by atoms with Gasteiger partial charge in [0.25, 0.3) is 0 Å². The van der Waals surface area contributed by atoms with Gasteiger partial charge in [-0.1, -0.05) is 19.3 Å². The fourth-order valence-electron chi connectivity index (χ4n) is 3.13. The molecule has 2 atom stereocenters. The average molecular weight is 213 g/mol. The van der Waals surface area contributed by atoms with Crippen molar-refractivity contribution in [3.8, 4) is 0 Å². The van der Waals surface area contributed by atoms with Crippen molar-refractivity contribution < 1.29 is 9.84 Å². The molecule has 2 aliphatic rings. The monoisotopic (exact) mass is 213 g/mol. The molecule has 1 saturated heterocycles. The van der Waals surface area contributed by atoms with Crippen LogP contribution < -0.4 is 5.73 Å². The predicted molar refractivity (Wildman–Crippen MR) is 59.6 cm³/mol. The number of ether oxygens (including phenoxy) is 1. The van der Waals surface area contributed by atoms with E-state index in [1.165, 1.54) is 32.1 Å². The number of hydrogen-bond donors (Lipinski definition) is 2. The first-order chi connectivity index (χ1) is 7.26. The molecule has 2 rings (SSSR count). The summed E-state index contributed by atoms with van der Waals surface area (Å²) in [7, 11) is 0. The molecule has 0 amide bonds. The van der Waals surface area contributed by atoms with Gasteiger partial charge in [0.1, 0.15) is 0 Å². The van der Waals surface area contributed by atoms with Crippen LogP contribution in [-0.2, 0) is 4.74 Å². The maximum atomic E-state index is 9.82. The maximum absolute atomic E-state index is 9.82. The number of nitrogens with two attached hydrogens (primary N) is 1. The third-order valence-electron chi connectivity index (χ3n) is 4.08. The van der Waals surface area contributed by atoms with Gasteiger partial charge in [0.2, 0.25) is 0 Å². The quantitative estimate of drug-likeness (QED) is 0.729. The van der Waals surface area contributed by atoms with Gasteiger partial charge in [0.15, 0.2) is 0 Å². The minimum Gasteiger partial charge on any atom is -0.392 e. The van der Waals surface area contributed by atoms with E-state index in [1.54, 1.807) is 0 Å². The molecule has 3 N–H and O–H groups in total. The lowest BCUT2D eigenvalue weighted by molar-refractivity contribution is -0.132. The third-order valence-corrected chi connectivity index (χ3v) is 4.08. The van der Waals surface area contributed by atoms with Crippen LogP contribution >= 0.6 is 0 Å². The third kappa shape index (κ3) is 2.52. The van der Waals surface area contributed by atoms with Crippen LogP contribution in [0.1, 0.15) is 44.9 Å². The van der Waals surface area contributed by atoms with Crippen molar-refractivity contribution in [3.05, 3.63) is 0 Å². The van der Waals surface area contributed by atoms with E-state index in [0.29, 0.717) is 12.5 Å². The Kier molecular flexibility index (Phi) is 3.65. The standard InChI is InChI=1S/C12H23NO2/c13-9-11(14)10-4-7-15-12(8-10)5-2-1-3-6-12/h10-11,14H,1-9,13H2. The smallest absolute Gasteiger partial charge is 0.0692 e. The molecule has 1 aliphatic carbocycles. The lowest BCUT2D eigenvalue weighted by Crippen LogP contribution is -2.45. The van der Waals surface area contributed by atoms with Crippen LogP contribution in [-0.4, -0.2) is 30.0 Å². The van der Waals surface area contributed by atoms with E-state index < -0.39 is 0 Å². The molecule has 1 saturated carbocycles. The van der Waals surface area contributed by atoms with Crippen molar-refractivity contribution in [2.45, 2.75) is 56.7 Å². The molecule has 0 aromatic heterocycles. The molecule has 1 aliphatic heterocycles. The Balaban J connectivity index is 1.96. The molecule has 1 spiro atoms. The number of rotatable bonds is 2. The zero-order valence-corrected chi connectivity index (χ0v) is 9.45. The molecule has 0 radical (unpaired) electrons. The van der Waals surface area contributed by atoms with Crippen LogP contribution in [0, 0.1) is 5.92 Å². The maximum Gasteiger partial charge on any atom is 0.0692 e. The first-order valence-corrected chi connectivity index (χ1v) is 6.28. The summed E-state index contributed by atoms with van der Waals surface area (Å²) >= 11 is 0. The molecule has 15 heavy (non-hydrogen) atoms. The lowest BCUT2D eigenvalue weighted by Gasteiger charge is -2.44. The highest BCUT2D eigenvalue weighted by Crippen LogP contribution is 2.41. The Bertz CT molecular complexity index is 196. The van der Waals surface area contributed by atoms with Crippen molar-refractivity contribution in [3.63, 3.8) is 0 Å². The summed E-state index contributed by atoms with van der Waals surface area (Å²) in [4.78, 5) is 0. The van der Waals surface area contributed by atoms with Crippen molar-refractivity contribution in [1.82, 2.24) is 0 Å².